The Bertz CT molecular complexity index is 741. The molecule has 4 saturated carbocycles. The van der Waals surface area contributed by atoms with Crippen LogP contribution in [-0.2, 0) is 0 Å². The molecular weight excluding hydrogens is 360 g/mol. The second kappa shape index (κ2) is 6.41. The van der Waals surface area contributed by atoms with Crippen molar-refractivity contribution < 1.29 is 0 Å². The lowest BCUT2D eigenvalue weighted by Gasteiger charge is -2.69. The molecule has 0 amide bonds. The number of hydrogen-bond donors (Lipinski definition) is 0. The molecule has 4 fully saturated rings. The van der Waals surface area contributed by atoms with Gasteiger partial charge in [0, 0.05) is 0 Å². The second-order valence-corrected chi connectivity index (χ2v) is 14.6. The summed E-state index contributed by atoms with van der Waals surface area (Å²) >= 11 is 0. The van der Waals surface area contributed by atoms with Gasteiger partial charge in [-0.15, -0.1) is 0 Å². The van der Waals surface area contributed by atoms with Crippen LogP contribution in [0.15, 0.2) is 11.6 Å². The molecule has 0 unspecified atom stereocenters. The highest BCUT2D eigenvalue weighted by Crippen LogP contribution is 2.76. The Labute approximate surface area is 188 Å². The summed E-state index contributed by atoms with van der Waals surface area (Å²) in [5.41, 5.74) is 4.55. The molecule has 30 heavy (non-hydrogen) atoms. The first-order valence-corrected chi connectivity index (χ1v) is 13.6. The minimum Gasteiger partial charge on any atom is -0.0839 e. The number of hydrogen-bond acceptors (Lipinski definition) is 0. The zero-order valence-corrected chi connectivity index (χ0v) is 21.5. The molecule has 0 radical (unpaired) electrons. The van der Waals surface area contributed by atoms with Gasteiger partial charge in [0.2, 0.25) is 0 Å². The Kier molecular flexibility index (Phi) is 4.61. The first-order valence-electron chi connectivity index (χ1n) is 13.6. The second-order valence-electron chi connectivity index (χ2n) is 14.6. The lowest BCUT2D eigenvalue weighted by molar-refractivity contribution is -0.156. The van der Waals surface area contributed by atoms with Crippen LogP contribution >= 0.6 is 0 Å². The van der Waals surface area contributed by atoms with Crippen molar-refractivity contribution in [1.29, 1.82) is 0 Å². The van der Waals surface area contributed by atoms with E-state index in [0.29, 0.717) is 27.1 Å². The van der Waals surface area contributed by atoms with Gasteiger partial charge in [-0.1, -0.05) is 73.5 Å². The van der Waals surface area contributed by atoms with E-state index >= 15 is 0 Å². The van der Waals surface area contributed by atoms with Crippen molar-refractivity contribution in [3.05, 3.63) is 11.6 Å². The van der Waals surface area contributed by atoms with Gasteiger partial charge in [-0.2, -0.15) is 0 Å². The van der Waals surface area contributed by atoms with Crippen molar-refractivity contribution in [2.24, 2.45) is 56.7 Å². The van der Waals surface area contributed by atoms with Crippen LogP contribution in [0.5, 0.6) is 0 Å². The van der Waals surface area contributed by atoms with E-state index in [2.05, 4.69) is 61.5 Å². The molecular formula is C30H50. The molecule has 0 spiro atoms. The molecule has 5 aliphatic carbocycles. The van der Waals surface area contributed by atoms with Gasteiger partial charge in [-0.05, 0) is 114 Å². The molecule has 5 aliphatic rings. The third-order valence-electron chi connectivity index (χ3n) is 13.0. The molecule has 0 heteroatoms. The molecule has 0 nitrogen and oxygen atoms in total. The van der Waals surface area contributed by atoms with Gasteiger partial charge in [0.15, 0.2) is 0 Å². The molecule has 8 atom stereocenters. The highest BCUT2D eigenvalue weighted by molar-refractivity contribution is 5.32. The van der Waals surface area contributed by atoms with E-state index in [4.69, 9.17) is 0 Å². The standard InChI is InChI=1S/C30H50/c1-20(2)21-10-13-25-28(21,6)18-19-29(7)23-11-12-24-26(3,4)15-9-16-27(24,5)22(23)14-17-30(25,29)8/h14,20-21,23-25H,9-13,15-19H2,1-8H3/t21-,23+,24-,25-,27+,28-,29-,30+/m0/s1. The molecule has 0 aromatic rings. The Morgan fingerprint density at radius 2 is 1.47 bits per heavy atom. The summed E-state index contributed by atoms with van der Waals surface area (Å²) in [5.74, 6) is 4.49. The summed E-state index contributed by atoms with van der Waals surface area (Å²) < 4.78 is 0. The van der Waals surface area contributed by atoms with E-state index in [0.717, 1.165) is 29.6 Å². The molecule has 0 bridgehead atoms. The van der Waals surface area contributed by atoms with E-state index in [1.165, 1.54) is 64.2 Å². The fourth-order valence-electron chi connectivity index (χ4n) is 11.3. The maximum absolute atomic E-state index is 2.86. The predicted octanol–water partition coefficient (Wildman–Crippen LogP) is 9.05. The third kappa shape index (κ3) is 2.46. The monoisotopic (exact) mass is 410 g/mol. The van der Waals surface area contributed by atoms with Crippen LogP contribution in [0.4, 0.5) is 0 Å². The average molecular weight is 411 g/mol. The summed E-state index contributed by atoms with van der Waals surface area (Å²) in [6, 6.07) is 0. The third-order valence-corrected chi connectivity index (χ3v) is 13.0. The van der Waals surface area contributed by atoms with Gasteiger partial charge >= 0.3 is 0 Å². The van der Waals surface area contributed by atoms with Crippen LogP contribution in [0.25, 0.3) is 0 Å². The SMILES string of the molecule is CC(C)[C@@H]1CC[C@H]2[C@@]1(C)CC[C@@]1(C)[C@@H]3CC[C@H]4C(C)(C)CCC[C@]4(C)C3=CC[C@]21C. The topological polar surface area (TPSA) is 0 Å². The molecule has 0 saturated heterocycles. The van der Waals surface area contributed by atoms with Crippen molar-refractivity contribution in [1.82, 2.24) is 0 Å². The van der Waals surface area contributed by atoms with Crippen LogP contribution in [0.1, 0.15) is 120 Å². The first-order chi connectivity index (χ1) is 13.9. The van der Waals surface area contributed by atoms with Crippen LogP contribution in [0.2, 0.25) is 0 Å². The van der Waals surface area contributed by atoms with Crippen molar-refractivity contribution in [2.45, 2.75) is 120 Å². The van der Waals surface area contributed by atoms with Gasteiger partial charge < -0.3 is 0 Å². The predicted molar refractivity (Wildman–Crippen MR) is 129 cm³/mol. The van der Waals surface area contributed by atoms with E-state index in [9.17, 15) is 0 Å². The number of fused-ring (bicyclic) bond motifs is 7. The summed E-state index contributed by atoms with van der Waals surface area (Å²) in [6.07, 6.45) is 17.4. The normalized spacial score (nSPS) is 54.6. The smallest absolute Gasteiger partial charge is 0.00801 e. The minimum atomic E-state index is 0.478. The molecule has 170 valence electrons. The van der Waals surface area contributed by atoms with Crippen molar-refractivity contribution >= 4 is 0 Å². The highest BCUT2D eigenvalue weighted by Gasteiger charge is 2.67. The Balaban J connectivity index is 1.56. The lowest BCUT2D eigenvalue weighted by Crippen LogP contribution is -2.61. The van der Waals surface area contributed by atoms with E-state index < -0.39 is 0 Å². The Morgan fingerprint density at radius 1 is 0.767 bits per heavy atom. The van der Waals surface area contributed by atoms with E-state index in [1.807, 2.05) is 5.57 Å². The van der Waals surface area contributed by atoms with Gasteiger partial charge in [-0.25, -0.2) is 0 Å². The minimum absolute atomic E-state index is 0.478. The average Bonchev–Trinajstić information content (AvgIpc) is 3.01. The quantitative estimate of drug-likeness (QED) is 0.378. The van der Waals surface area contributed by atoms with Crippen molar-refractivity contribution in [3.8, 4) is 0 Å². The molecule has 0 heterocycles. The zero-order valence-electron chi connectivity index (χ0n) is 21.5. The zero-order chi connectivity index (χ0) is 21.7. The summed E-state index contributed by atoms with van der Waals surface area (Å²) in [5, 5.41) is 0. The first kappa shape index (κ1) is 21.6. The number of rotatable bonds is 1. The number of allylic oxidation sites excluding steroid dienone is 2. The van der Waals surface area contributed by atoms with Crippen molar-refractivity contribution in [2.75, 3.05) is 0 Å². The van der Waals surface area contributed by atoms with Crippen LogP contribution in [-0.4, -0.2) is 0 Å². The largest absolute Gasteiger partial charge is 0.0839 e. The fourth-order valence-corrected chi connectivity index (χ4v) is 11.3. The fraction of sp³-hybridized carbons (Fsp3) is 0.933. The lowest BCUT2D eigenvalue weighted by atomic mass is 9.36. The summed E-state index contributed by atoms with van der Waals surface area (Å²) in [6.45, 7) is 21.1. The highest BCUT2D eigenvalue weighted by atomic mass is 14.7. The summed E-state index contributed by atoms with van der Waals surface area (Å²) in [4.78, 5) is 0. The Morgan fingerprint density at radius 3 is 2.17 bits per heavy atom. The Hall–Kier alpha value is -0.260. The van der Waals surface area contributed by atoms with Crippen LogP contribution < -0.4 is 0 Å². The molecule has 5 rings (SSSR count). The maximum atomic E-state index is 2.86. The van der Waals surface area contributed by atoms with E-state index in [1.54, 1.807) is 0 Å². The van der Waals surface area contributed by atoms with Gasteiger partial charge in [0.05, 0.1) is 0 Å². The van der Waals surface area contributed by atoms with Gasteiger partial charge in [0.25, 0.3) is 0 Å². The molecule has 0 N–H and O–H groups in total. The summed E-state index contributed by atoms with van der Waals surface area (Å²) in [7, 11) is 0. The van der Waals surface area contributed by atoms with Crippen LogP contribution in [0, 0.1) is 56.7 Å². The van der Waals surface area contributed by atoms with Gasteiger partial charge in [-0.3, -0.25) is 0 Å². The van der Waals surface area contributed by atoms with Crippen molar-refractivity contribution in [3.63, 3.8) is 0 Å². The molecule has 0 aliphatic heterocycles. The maximum Gasteiger partial charge on any atom is -0.00801 e. The molecule has 0 aromatic carbocycles. The van der Waals surface area contributed by atoms with Gasteiger partial charge in [0.1, 0.15) is 0 Å². The molecule has 0 aromatic heterocycles. The van der Waals surface area contributed by atoms with E-state index in [-0.39, 0.29) is 0 Å². The van der Waals surface area contributed by atoms with Crippen LogP contribution in [0.3, 0.4) is 0 Å².